The van der Waals surface area contributed by atoms with Crippen molar-refractivity contribution in [3.05, 3.63) is 76.5 Å². The van der Waals surface area contributed by atoms with E-state index in [1.54, 1.807) is 6.08 Å². The highest BCUT2D eigenvalue weighted by atomic mass is 16.6. The van der Waals surface area contributed by atoms with Crippen molar-refractivity contribution >= 4 is 17.9 Å². The number of aliphatic imine (C=N–C) groups is 1. The summed E-state index contributed by atoms with van der Waals surface area (Å²) in [6.45, 7) is 3.98. The van der Waals surface area contributed by atoms with Crippen molar-refractivity contribution in [2.24, 2.45) is 4.99 Å². The number of carbonyl (C=O) groups excluding carboxylic acids is 1. The quantitative estimate of drug-likeness (QED) is 0.621. The topological polar surface area (TPSA) is 38.7 Å². The van der Waals surface area contributed by atoms with E-state index in [-0.39, 0.29) is 0 Å². The molecule has 1 aliphatic heterocycles. The highest BCUT2D eigenvalue weighted by Crippen LogP contribution is 2.21. The molecule has 0 aromatic heterocycles. The largest absolute Gasteiger partial charge is 0.402 e. The molecule has 0 atom stereocenters. The predicted molar refractivity (Wildman–Crippen MR) is 83.0 cm³/mol. The van der Waals surface area contributed by atoms with Crippen molar-refractivity contribution in [2.45, 2.75) is 13.8 Å². The van der Waals surface area contributed by atoms with Gasteiger partial charge in [0.1, 0.15) is 0 Å². The maximum Gasteiger partial charge on any atom is 0.363 e. The Labute approximate surface area is 123 Å². The molecule has 0 saturated heterocycles. The molecule has 0 amide bonds. The van der Waals surface area contributed by atoms with Crippen molar-refractivity contribution in [3.8, 4) is 0 Å². The fraction of sp³-hybridized carbons (Fsp3) is 0.111. The van der Waals surface area contributed by atoms with E-state index in [2.05, 4.69) is 4.99 Å². The molecular formula is C18H15NO2. The minimum absolute atomic E-state index is 0.332. The van der Waals surface area contributed by atoms with Gasteiger partial charge in [-0.3, -0.25) is 0 Å². The van der Waals surface area contributed by atoms with Crippen molar-refractivity contribution in [2.75, 3.05) is 0 Å². The molecule has 0 saturated carbocycles. The highest BCUT2D eigenvalue weighted by molar-refractivity contribution is 6.13. The van der Waals surface area contributed by atoms with Gasteiger partial charge < -0.3 is 4.74 Å². The van der Waals surface area contributed by atoms with Gasteiger partial charge >= 0.3 is 5.97 Å². The molecule has 1 aliphatic rings. The van der Waals surface area contributed by atoms with Gasteiger partial charge in [0.15, 0.2) is 5.70 Å². The summed E-state index contributed by atoms with van der Waals surface area (Å²) in [6.07, 6.45) is 1.75. The molecular weight excluding hydrogens is 262 g/mol. The zero-order valence-corrected chi connectivity index (χ0v) is 12.0. The number of carbonyl (C=O) groups is 1. The zero-order chi connectivity index (χ0) is 14.8. The maximum atomic E-state index is 12.0. The number of benzene rings is 2. The smallest absolute Gasteiger partial charge is 0.363 e. The van der Waals surface area contributed by atoms with Gasteiger partial charge in [0.05, 0.1) is 0 Å². The minimum atomic E-state index is -0.408. The summed E-state index contributed by atoms with van der Waals surface area (Å²) >= 11 is 0. The van der Waals surface area contributed by atoms with Gasteiger partial charge in [0, 0.05) is 5.56 Å². The molecule has 0 unspecified atom stereocenters. The van der Waals surface area contributed by atoms with Crippen LogP contribution in [0.1, 0.15) is 22.3 Å². The second-order valence-corrected chi connectivity index (χ2v) is 5.07. The molecule has 3 rings (SSSR count). The highest BCUT2D eigenvalue weighted by Gasteiger charge is 2.24. The molecule has 2 aromatic carbocycles. The molecule has 0 aliphatic carbocycles. The van der Waals surface area contributed by atoms with E-state index in [1.165, 1.54) is 0 Å². The SMILES string of the molecule is Cc1cccc(/C=C2\N=C(c3ccccc3C)OC2=O)c1. The first-order valence-corrected chi connectivity index (χ1v) is 6.79. The van der Waals surface area contributed by atoms with E-state index in [9.17, 15) is 4.79 Å². The number of hydrogen-bond donors (Lipinski definition) is 0. The van der Waals surface area contributed by atoms with Gasteiger partial charge in [-0.25, -0.2) is 9.79 Å². The molecule has 0 radical (unpaired) electrons. The Morgan fingerprint density at radius 3 is 2.62 bits per heavy atom. The molecule has 1 heterocycles. The molecule has 104 valence electrons. The number of aryl methyl sites for hydroxylation is 2. The lowest BCUT2D eigenvalue weighted by atomic mass is 10.1. The molecule has 21 heavy (non-hydrogen) atoms. The van der Waals surface area contributed by atoms with Crippen LogP contribution in [-0.4, -0.2) is 11.9 Å². The summed E-state index contributed by atoms with van der Waals surface area (Å²) in [5.41, 5.74) is 4.29. The number of nitrogens with zero attached hydrogens (tertiary/aromatic N) is 1. The minimum Gasteiger partial charge on any atom is -0.402 e. The maximum absolute atomic E-state index is 12.0. The van der Waals surface area contributed by atoms with E-state index >= 15 is 0 Å². The van der Waals surface area contributed by atoms with Gasteiger partial charge in [0.2, 0.25) is 5.90 Å². The van der Waals surface area contributed by atoms with Crippen molar-refractivity contribution in [1.29, 1.82) is 0 Å². The Kier molecular flexibility index (Phi) is 3.40. The summed E-state index contributed by atoms with van der Waals surface area (Å²) in [6, 6.07) is 15.6. The fourth-order valence-corrected chi connectivity index (χ4v) is 2.25. The molecule has 3 heteroatoms. The summed E-state index contributed by atoms with van der Waals surface area (Å²) < 4.78 is 5.29. The van der Waals surface area contributed by atoms with E-state index in [4.69, 9.17) is 4.74 Å². The van der Waals surface area contributed by atoms with Gasteiger partial charge in [-0.15, -0.1) is 0 Å². The van der Waals surface area contributed by atoms with E-state index < -0.39 is 5.97 Å². The Morgan fingerprint density at radius 1 is 1.05 bits per heavy atom. The first-order chi connectivity index (χ1) is 10.1. The molecule has 3 nitrogen and oxygen atoms in total. The van der Waals surface area contributed by atoms with E-state index in [1.807, 2.05) is 62.4 Å². The van der Waals surface area contributed by atoms with Crippen molar-refractivity contribution < 1.29 is 9.53 Å². The van der Waals surface area contributed by atoms with E-state index in [0.717, 1.165) is 22.3 Å². The van der Waals surface area contributed by atoms with Gasteiger partial charge in [-0.1, -0.05) is 48.0 Å². The van der Waals surface area contributed by atoms with Gasteiger partial charge in [-0.2, -0.15) is 0 Å². The third-order valence-corrected chi connectivity index (χ3v) is 3.34. The summed E-state index contributed by atoms with van der Waals surface area (Å²) in [7, 11) is 0. The van der Waals surface area contributed by atoms with Gasteiger partial charge in [0.25, 0.3) is 0 Å². The number of rotatable bonds is 2. The normalized spacial score (nSPS) is 16.0. The Hall–Kier alpha value is -2.68. The van der Waals surface area contributed by atoms with Crippen LogP contribution in [0.25, 0.3) is 6.08 Å². The lowest BCUT2D eigenvalue weighted by Gasteiger charge is -2.02. The van der Waals surface area contributed by atoms with Crippen LogP contribution < -0.4 is 0 Å². The lowest BCUT2D eigenvalue weighted by molar-refractivity contribution is -0.129. The van der Waals surface area contributed by atoms with Crippen LogP contribution in [0, 0.1) is 13.8 Å². The molecule has 2 aromatic rings. The molecule has 0 fully saturated rings. The van der Waals surface area contributed by atoms with Gasteiger partial charge in [-0.05, 0) is 37.1 Å². The Bertz CT molecular complexity index is 772. The van der Waals surface area contributed by atoms with Crippen LogP contribution in [0.4, 0.5) is 0 Å². The van der Waals surface area contributed by atoms with Crippen LogP contribution in [0.15, 0.2) is 59.2 Å². The summed E-state index contributed by atoms with van der Waals surface area (Å²) in [5.74, 6) is -0.0354. The predicted octanol–water partition coefficient (Wildman–Crippen LogP) is 3.65. The van der Waals surface area contributed by atoms with Crippen molar-refractivity contribution in [3.63, 3.8) is 0 Å². The summed E-state index contributed by atoms with van der Waals surface area (Å²) in [4.78, 5) is 16.3. The van der Waals surface area contributed by atoms with Crippen LogP contribution in [0.3, 0.4) is 0 Å². The van der Waals surface area contributed by atoms with Crippen LogP contribution in [0.5, 0.6) is 0 Å². The second-order valence-electron chi connectivity index (χ2n) is 5.07. The number of ether oxygens (including phenoxy) is 1. The number of cyclic esters (lactones) is 1. The van der Waals surface area contributed by atoms with Crippen LogP contribution >= 0.6 is 0 Å². The first-order valence-electron chi connectivity index (χ1n) is 6.79. The Morgan fingerprint density at radius 2 is 1.86 bits per heavy atom. The van der Waals surface area contributed by atoms with E-state index in [0.29, 0.717) is 11.6 Å². The average molecular weight is 277 g/mol. The fourth-order valence-electron chi connectivity index (χ4n) is 2.25. The second kappa shape index (κ2) is 5.37. The monoisotopic (exact) mass is 277 g/mol. The standard InChI is InChI=1S/C18H15NO2/c1-12-6-5-8-14(10-12)11-16-18(20)21-17(19-16)15-9-4-3-7-13(15)2/h3-11H,1-2H3/b16-11-. The lowest BCUT2D eigenvalue weighted by Crippen LogP contribution is -2.06. The van der Waals surface area contributed by atoms with Crippen molar-refractivity contribution in [1.82, 2.24) is 0 Å². The third-order valence-electron chi connectivity index (χ3n) is 3.34. The van der Waals surface area contributed by atoms with Crippen LogP contribution in [0.2, 0.25) is 0 Å². The molecule has 0 spiro atoms. The van der Waals surface area contributed by atoms with Crippen LogP contribution in [-0.2, 0) is 9.53 Å². The molecule has 0 bridgehead atoms. The summed E-state index contributed by atoms with van der Waals surface area (Å²) in [5, 5.41) is 0. The zero-order valence-electron chi connectivity index (χ0n) is 12.0. The first kappa shape index (κ1) is 13.3. The average Bonchev–Trinajstić information content (AvgIpc) is 2.80. The number of esters is 1. The number of hydrogen-bond acceptors (Lipinski definition) is 3. The Balaban J connectivity index is 1.98. The molecule has 0 N–H and O–H groups in total. The third kappa shape index (κ3) is 2.77.